The summed E-state index contributed by atoms with van der Waals surface area (Å²) in [5.74, 6) is -0.0928. The summed E-state index contributed by atoms with van der Waals surface area (Å²) in [7, 11) is 3.94. The number of halogens is 1. The van der Waals surface area contributed by atoms with Crippen molar-refractivity contribution >= 4 is 17.5 Å². The van der Waals surface area contributed by atoms with Crippen molar-refractivity contribution in [1.82, 2.24) is 19.6 Å². The van der Waals surface area contributed by atoms with E-state index in [2.05, 4.69) is 10.4 Å². The number of urea groups is 1. The zero-order chi connectivity index (χ0) is 24.8. The van der Waals surface area contributed by atoms with Gasteiger partial charge in [0.2, 0.25) is 0 Å². The third-order valence-corrected chi connectivity index (χ3v) is 5.59. The van der Waals surface area contributed by atoms with Gasteiger partial charge in [0, 0.05) is 25.2 Å². The number of aromatic nitrogens is 2. The first-order valence-corrected chi connectivity index (χ1v) is 11.4. The summed E-state index contributed by atoms with van der Waals surface area (Å²) in [6.07, 6.45) is 0. The molecule has 4 aromatic rings. The van der Waals surface area contributed by atoms with Crippen molar-refractivity contribution in [3.05, 3.63) is 96.3 Å². The number of benzene rings is 3. The highest BCUT2D eigenvalue weighted by Gasteiger charge is 2.23. The van der Waals surface area contributed by atoms with Crippen LogP contribution >= 0.6 is 0 Å². The molecule has 0 saturated carbocycles. The summed E-state index contributed by atoms with van der Waals surface area (Å²) >= 11 is 0. The average molecular weight is 473 g/mol. The van der Waals surface area contributed by atoms with Crippen LogP contribution in [0.4, 0.5) is 20.7 Å². The maximum absolute atomic E-state index is 13.5. The molecule has 0 spiro atoms. The van der Waals surface area contributed by atoms with Gasteiger partial charge < -0.3 is 20.9 Å². The number of anilines is 2. The predicted octanol–water partition coefficient (Wildman–Crippen LogP) is 4.86. The summed E-state index contributed by atoms with van der Waals surface area (Å²) in [4.78, 5) is 17.3. The van der Waals surface area contributed by atoms with E-state index in [1.165, 1.54) is 16.8 Å². The third-order valence-electron chi connectivity index (χ3n) is 5.59. The van der Waals surface area contributed by atoms with Gasteiger partial charge in [-0.3, -0.25) is 0 Å². The molecule has 0 radical (unpaired) electrons. The molecular formula is C27H29FN6O. The highest BCUT2D eigenvalue weighted by molar-refractivity contribution is 5.97. The fraction of sp³-hybridized carbons (Fsp3) is 0.185. The summed E-state index contributed by atoms with van der Waals surface area (Å²) in [6, 6.07) is 25.0. The Balaban J connectivity index is 1.69. The molecule has 180 valence electrons. The summed E-state index contributed by atoms with van der Waals surface area (Å²) in [6.45, 7) is 1.68. The molecule has 0 aliphatic rings. The van der Waals surface area contributed by atoms with Crippen LogP contribution in [0.3, 0.4) is 0 Å². The van der Waals surface area contributed by atoms with E-state index in [9.17, 15) is 9.18 Å². The van der Waals surface area contributed by atoms with Gasteiger partial charge in [-0.25, -0.2) is 13.9 Å². The fourth-order valence-electron chi connectivity index (χ4n) is 3.69. The van der Waals surface area contributed by atoms with Crippen LogP contribution in [-0.2, 0) is 6.54 Å². The van der Waals surface area contributed by atoms with Crippen molar-refractivity contribution in [2.75, 3.05) is 38.2 Å². The molecule has 7 nitrogen and oxygen atoms in total. The van der Waals surface area contributed by atoms with Gasteiger partial charge in [0.25, 0.3) is 0 Å². The van der Waals surface area contributed by atoms with Crippen LogP contribution in [0.2, 0.25) is 0 Å². The number of carbonyl (C=O) groups is 1. The van der Waals surface area contributed by atoms with Gasteiger partial charge in [-0.1, -0.05) is 60.7 Å². The van der Waals surface area contributed by atoms with Crippen LogP contribution in [0.5, 0.6) is 0 Å². The molecule has 1 heterocycles. The highest BCUT2D eigenvalue weighted by Crippen LogP contribution is 2.34. The standard InChI is InChI=1S/C27H29FN6O/c1-32(2)17-18-33(19-20-9-5-3-6-10-20)27(35)30-25-24(21-11-7-4-8-12-21)31-34(26(25)29)23-15-13-22(28)14-16-23/h3-16H,17-19,29H2,1-2H3,(H,30,35). The SMILES string of the molecule is CN(C)CCN(Cc1ccccc1)C(=O)Nc1c(-c2ccccc2)nn(-c2ccc(F)cc2)c1N. The Morgan fingerprint density at radius 1 is 0.943 bits per heavy atom. The summed E-state index contributed by atoms with van der Waals surface area (Å²) in [5, 5.41) is 7.69. The molecule has 0 bridgehead atoms. The van der Waals surface area contributed by atoms with Crippen molar-refractivity contribution in [1.29, 1.82) is 0 Å². The lowest BCUT2D eigenvalue weighted by Gasteiger charge is -2.25. The quantitative estimate of drug-likeness (QED) is 0.384. The number of nitrogens with zero attached hydrogens (tertiary/aromatic N) is 4. The van der Waals surface area contributed by atoms with Crippen molar-refractivity contribution < 1.29 is 9.18 Å². The molecule has 35 heavy (non-hydrogen) atoms. The van der Waals surface area contributed by atoms with Gasteiger partial charge in [-0.05, 0) is 43.9 Å². The molecule has 0 unspecified atom stereocenters. The van der Waals surface area contributed by atoms with Crippen LogP contribution in [-0.4, -0.2) is 52.8 Å². The lowest BCUT2D eigenvalue weighted by molar-refractivity contribution is 0.202. The van der Waals surface area contributed by atoms with E-state index < -0.39 is 0 Å². The molecule has 8 heteroatoms. The lowest BCUT2D eigenvalue weighted by atomic mass is 10.1. The number of rotatable bonds is 8. The van der Waals surface area contributed by atoms with E-state index in [-0.39, 0.29) is 17.7 Å². The second-order valence-corrected chi connectivity index (χ2v) is 8.50. The molecule has 0 aliphatic heterocycles. The maximum Gasteiger partial charge on any atom is 0.322 e. The van der Waals surface area contributed by atoms with E-state index in [4.69, 9.17) is 5.73 Å². The Hall–Kier alpha value is -4.17. The van der Waals surface area contributed by atoms with E-state index >= 15 is 0 Å². The Kier molecular flexibility index (Phi) is 7.42. The number of likely N-dealkylation sites (N-methyl/N-ethyl adjacent to an activating group) is 1. The minimum absolute atomic E-state index is 0.260. The minimum Gasteiger partial charge on any atom is -0.382 e. The Labute approximate surface area is 204 Å². The lowest BCUT2D eigenvalue weighted by Crippen LogP contribution is -2.39. The van der Waals surface area contributed by atoms with Gasteiger partial charge in [-0.15, -0.1) is 0 Å². The van der Waals surface area contributed by atoms with E-state index in [1.807, 2.05) is 79.7 Å². The van der Waals surface area contributed by atoms with Gasteiger partial charge in [-0.2, -0.15) is 5.10 Å². The van der Waals surface area contributed by atoms with Gasteiger partial charge in [0.15, 0.2) is 5.82 Å². The molecule has 2 amide bonds. The second kappa shape index (κ2) is 10.8. The molecule has 0 fully saturated rings. The molecular weight excluding hydrogens is 443 g/mol. The van der Waals surface area contributed by atoms with Crippen molar-refractivity contribution in [2.45, 2.75) is 6.54 Å². The van der Waals surface area contributed by atoms with Crippen molar-refractivity contribution in [2.24, 2.45) is 0 Å². The van der Waals surface area contributed by atoms with Gasteiger partial charge >= 0.3 is 6.03 Å². The largest absolute Gasteiger partial charge is 0.382 e. The molecule has 0 aliphatic carbocycles. The zero-order valence-corrected chi connectivity index (χ0v) is 19.9. The molecule has 3 N–H and O–H groups in total. The first-order chi connectivity index (χ1) is 16.9. The van der Waals surface area contributed by atoms with Crippen LogP contribution < -0.4 is 11.1 Å². The van der Waals surface area contributed by atoms with Crippen LogP contribution in [0.15, 0.2) is 84.9 Å². The number of carbonyl (C=O) groups excluding carboxylic acids is 1. The number of nitrogens with one attached hydrogen (secondary N) is 1. The van der Waals surface area contributed by atoms with Gasteiger partial charge in [0.1, 0.15) is 17.2 Å². The number of nitrogens with two attached hydrogens (primary N) is 1. The van der Waals surface area contributed by atoms with Crippen molar-refractivity contribution in [3.8, 4) is 16.9 Å². The zero-order valence-electron chi connectivity index (χ0n) is 19.9. The number of hydrogen-bond donors (Lipinski definition) is 2. The smallest absolute Gasteiger partial charge is 0.322 e. The van der Waals surface area contributed by atoms with E-state index in [0.717, 1.165) is 11.1 Å². The fourth-order valence-corrected chi connectivity index (χ4v) is 3.69. The number of amides is 2. The third kappa shape index (κ3) is 5.85. The maximum atomic E-state index is 13.5. The normalized spacial score (nSPS) is 11.0. The highest BCUT2D eigenvalue weighted by atomic mass is 19.1. The Morgan fingerprint density at radius 3 is 2.20 bits per heavy atom. The van der Waals surface area contributed by atoms with Crippen LogP contribution in [0, 0.1) is 5.82 Å². The minimum atomic E-state index is -0.353. The number of nitrogen functional groups attached to an aromatic ring is 1. The molecule has 0 saturated heterocycles. The number of hydrogen-bond acceptors (Lipinski definition) is 4. The Morgan fingerprint density at radius 2 is 1.57 bits per heavy atom. The van der Waals surface area contributed by atoms with Crippen LogP contribution in [0.1, 0.15) is 5.56 Å². The monoisotopic (exact) mass is 472 g/mol. The van der Waals surface area contributed by atoms with E-state index in [0.29, 0.717) is 36.7 Å². The molecule has 3 aromatic carbocycles. The predicted molar refractivity (Wildman–Crippen MR) is 138 cm³/mol. The molecule has 4 rings (SSSR count). The second-order valence-electron chi connectivity index (χ2n) is 8.50. The van der Waals surface area contributed by atoms with Gasteiger partial charge in [0.05, 0.1) is 5.69 Å². The van der Waals surface area contributed by atoms with Crippen molar-refractivity contribution in [3.63, 3.8) is 0 Å². The average Bonchev–Trinajstić information content (AvgIpc) is 3.19. The first kappa shape index (κ1) is 24.0. The van der Waals surface area contributed by atoms with E-state index in [1.54, 1.807) is 17.0 Å². The topological polar surface area (TPSA) is 79.4 Å². The summed E-state index contributed by atoms with van der Waals surface area (Å²) < 4.78 is 15.0. The Bertz CT molecular complexity index is 1260. The van der Waals surface area contributed by atoms with Crippen LogP contribution in [0.25, 0.3) is 16.9 Å². The molecule has 0 atom stereocenters. The summed E-state index contributed by atoms with van der Waals surface area (Å²) in [5.41, 5.74) is 9.87. The first-order valence-electron chi connectivity index (χ1n) is 11.4. The molecule has 1 aromatic heterocycles.